The van der Waals surface area contributed by atoms with Crippen molar-refractivity contribution in [2.45, 2.75) is 24.0 Å². The van der Waals surface area contributed by atoms with Crippen LogP contribution in [0.2, 0.25) is 0 Å². The predicted molar refractivity (Wildman–Crippen MR) is 73.5 cm³/mol. The van der Waals surface area contributed by atoms with Crippen molar-refractivity contribution >= 4 is 16.0 Å². The van der Waals surface area contributed by atoms with Gasteiger partial charge in [0, 0.05) is 6.04 Å². The summed E-state index contributed by atoms with van der Waals surface area (Å²) in [6.45, 7) is 0. The molecule has 21 heavy (non-hydrogen) atoms. The second kappa shape index (κ2) is 5.01. The molecule has 1 heterocycles. The zero-order chi connectivity index (χ0) is 15.0. The van der Waals surface area contributed by atoms with Gasteiger partial charge in [-0.25, -0.2) is 17.9 Å². The molecule has 0 aliphatic heterocycles. The first-order chi connectivity index (χ1) is 9.97. The number of benzene rings is 1. The molecule has 1 atom stereocenters. The van der Waals surface area contributed by atoms with E-state index in [1.54, 1.807) is 0 Å². The lowest BCUT2D eigenvalue weighted by Crippen LogP contribution is -2.27. The Morgan fingerprint density at radius 2 is 2.00 bits per heavy atom. The Balaban J connectivity index is 1.85. The van der Waals surface area contributed by atoms with Crippen molar-refractivity contribution in [1.82, 2.24) is 4.72 Å². The van der Waals surface area contributed by atoms with Gasteiger partial charge in [-0.1, -0.05) is 24.3 Å². The monoisotopic (exact) mass is 307 g/mol. The molecule has 110 valence electrons. The fourth-order valence-electron chi connectivity index (χ4n) is 2.50. The van der Waals surface area contributed by atoms with E-state index in [-0.39, 0.29) is 11.1 Å². The average molecular weight is 307 g/mol. The van der Waals surface area contributed by atoms with Crippen LogP contribution in [0.15, 0.2) is 45.9 Å². The third-order valence-electron chi connectivity index (χ3n) is 3.49. The first-order valence-electron chi connectivity index (χ1n) is 6.40. The number of carboxylic acid groups (broad SMARTS) is 1. The molecule has 1 aliphatic carbocycles. The fourth-order valence-corrected chi connectivity index (χ4v) is 3.69. The number of carboxylic acids is 1. The van der Waals surface area contributed by atoms with Gasteiger partial charge in [-0.2, -0.15) is 0 Å². The molecule has 2 aromatic rings. The number of furan rings is 1. The molecule has 0 radical (unpaired) electrons. The van der Waals surface area contributed by atoms with Crippen LogP contribution in [0.1, 0.15) is 34.1 Å². The number of fused-ring (bicyclic) bond motifs is 1. The molecule has 0 fully saturated rings. The van der Waals surface area contributed by atoms with Gasteiger partial charge >= 0.3 is 5.97 Å². The zero-order valence-electron chi connectivity index (χ0n) is 10.9. The molecule has 1 aromatic heterocycles. The van der Waals surface area contributed by atoms with E-state index in [9.17, 15) is 13.2 Å². The van der Waals surface area contributed by atoms with Crippen molar-refractivity contribution in [2.75, 3.05) is 0 Å². The highest BCUT2D eigenvalue weighted by molar-refractivity contribution is 7.89. The number of hydrogen-bond donors (Lipinski definition) is 2. The van der Waals surface area contributed by atoms with E-state index < -0.39 is 21.8 Å². The Hall–Kier alpha value is -2.12. The van der Waals surface area contributed by atoms with E-state index in [1.165, 1.54) is 0 Å². The summed E-state index contributed by atoms with van der Waals surface area (Å²) in [5.41, 5.74) is 2.07. The summed E-state index contributed by atoms with van der Waals surface area (Å²) >= 11 is 0. The SMILES string of the molecule is O=C(O)c1ccc(S(=O)(=O)NC2CCc3ccccc32)o1. The molecule has 1 aliphatic rings. The van der Waals surface area contributed by atoms with Crippen LogP contribution in [-0.4, -0.2) is 19.5 Å². The largest absolute Gasteiger partial charge is 0.475 e. The van der Waals surface area contributed by atoms with Gasteiger partial charge in [0.1, 0.15) is 0 Å². The van der Waals surface area contributed by atoms with Gasteiger partial charge in [0.05, 0.1) is 0 Å². The van der Waals surface area contributed by atoms with E-state index >= 15 is 0 Å². The number of aromatic carboxylic acids is 1. The van der Waals surface area contributed by atoms with Gasteiger partial charge in [0.25, 0.3) is 10.0 Å². The Morgan fingerprint density at radius 1 is 1.24 bits per heavy atom. The van der Waals surface area contributed by atoms with E-state index in [4.69, 9.17) is 9.52 Å². The van der Waals surface area contributed by atoms with Crippen molar-refractivity contribution in [3.05, 3.63) is 53.3 Å². The van der Waals surface area contributed by atoms with Crippen LogP contribution in [-0.2, 0) is 16.4 Å². The molecular weight excluding hydrogens is 294 g/mol. The summed E-state index contributed by atoms with van der Waals surface area (Å²) in [5.74, 6) is -1.70. The van der Waals surface area contributed by atoms with Crippen molar-refractivity contribution in [1.29, 1.82) is 0 Å². The predicted octanol–water partition coefficient (Wildman–Crippen LogP) is 1.94. The Morgan fingerprint density at radius 3 is 2.71 bits per heavy atom. The highest BCUT2D eigenvalue weighted by Crippen LogP contribution is 2.32. The highest BCUT2D eigenvalue weighted by Gasteiger charge is 2.29. The zero-order valence-corrected chi connectivity index (χ0v) is 11.8. The summed E-state index contributed by atoms with van der Waals surface area (Å²) in [4.78, 5) is 10.7. The van der Waals surface area contributed by atoms with Crippen molar-refractivity contribution in [2.24, 2.45) is 0 Å². The Labute approximate surface area is 121 Å². The average Bonchev–Trinajstić information content (AvgIpc) is 3.06. The molecule has 6 nitrogen and oxygen atoms in total. The van der Waals surface area contributed by atoms with Gasteiger partial charge in [-0.05, 0) is 36.1 Å². The summed E-state index contributed by atoms with van der Waals surface area (Å²) in [6, 6.07) is 9.60. The molecule has 0 saturated carbocycles. The first kappa shape index (κ1) is 13.8. The number of carbonyl (C=O) groups is 1. The second-order valence-corrected chi connectivity index (χ2v) is 6.48. The van der Waals surface area contributed by atoms with Crippen molar-refractivity contribution < 1.29 is 22.7 Å². The van der Waals surface area contributed by atoms with Crippen LogP contribution >= 0.6 is 0 Å². The van der Waals surface area contributed by atoms with Gasteiger partial charge in [0.15, 0.2) is 0 Å². The summed E-state index contributed by atoms with van der Waals surface area (Å²) < 4.78 is 31.9. The molecule has 0 bridgehead atoms. The molecule has 1 unspecified atom stereocenters. The van der Waals surface area contributed by atoms with Crippen molar-refractivity contribution in [3.8, 4) is 0 Å². The molecule has 0 spiro atoms. The third-order valence-corrected chi connectivity index (χ3v) is 4.83. The van der Waals surface area contributed by atoms with E-state index in [0.717, 1.165) is 29.7 Å². The lowest BCUT2D eigenvalue weighted by molar-refractivity contribution is 0.0656. The van der Waals surface area contributed by atoms with Crippen LogP contribution in [0, 0.1) is 0 Å². The topological polar surface area (TPSA) is 96.6 Å². The molecule has 3 rings (SSSR count). The van der Waals surface area contributed by atoms with Gasteiger partial charge < -0.3 is 9.52 Å². The number of hydrogen-bond acceptors (Lipinski definition) is 4. The van der Waals surface area contributed by atoms with E-state index in [1.807, 2.05) is 24.3 Å². The van der Waals surface area contributed by atoms with Crippen molar-refractivity contribution in [3.63, 3.8) is 0 Å². The molecular formula is C14H13NO5S. The van der Waals surface area contributed by atoms with E-state index in [2.05, 4.69) is 4.72 Å². The third kappa shape index (κ3) is 2.57. The Bertz CT molecular complexity index is 793. The molecule has 0 saturated heterocycles. The van der Waals surface area contributed by atoms with Gasteiger partial charge in [-0.15, -0.1) is 0 Å². The van der Waals surface area contributed by atoms with Crippen LogP contribution < -0.4 is 4.72 Å². The minimum atomic E-state index is -3.88. The lowest BCUT2D eigenvalue weighted by Gasteiger charge is -2.12. The number of aryl methyl sites for hydroxylation is 1. The molecule has 7 heteroatoms. The van der Waals surface area contributed by atoms with Crippen LogP contribution in [0.5, 0.6) is 0 Å². The first-order valence-corrected chi connectivity index (χ1v) is 7.89. The summed E-state index contributed by atoms with van der Waals surface area (Å²) in [5, 5.41) is 8.38. The van der Waals surface area contributed by atoms with Gasteiger partial charge in [-0.3, -0.25) is 0 Å². The maximum atomic E-state index is 12.2. The summed E-state index contributed by atoms with van der Waals surface area (Å²) in [7, 11) is -3.88. The maximum Gasteiger partial charge on any atom is 0.371 e. The second-order valence-electron chi connectivity index (χ2n) is 4.84. The van der Waals surface area contributed by atoms with Crippen LogP contribution in [0.4, 0.5) is 0 Å². The molecule has 2 N–H and O–H groups in total. The smallest absolute Gasteiger partial charge is 0.371 e. The minimum absolute atomic E-state index is 0.315. The molecule has 0 amide bonds. The molecule has 1 aromatic carbocycles. The lowest BCUT2D eigenvalue weighted by atomic mass is 10.1. The Kier molecular flexibility index (Phi) is 3.30. The quantitative estimate of drug-likeness (QED) is 0.899. The standard InChI is InChI=1S/C14H13NO5S/c16-14(17)12-7-8-13(20-12)21(18,19)15-11-6-5-9-3-1-2-4-10(9)11/h1-4,7-8,11,15H,5-6H2,(H,16,17). The highest BCUT2D eigenvalue weighted by atomic mass is 32.2. The van der Waals surface area contributed by atoms with Gasteiger partial charge in [0.2, 0.25) is 10.9 Å². The minimum Gasteiger partial charge on any atom is -0.475 e. The maximum absolute atomic E-state index is 12.2. The fraction of sp³-hybridized carbons (Fsp3) is 0.214. The van der Waals surface area contributed by atoms with E-state index in [0.29, 0.717) is 6.42 Å². The van der Waals surface area contributed by atoms with Crippen LogP contribution in [0.25, 0.3) is 0 Å². The summed E-state index contributed by atoms with van der Waals surface area (Å²) in [6.07, 6.45) is 1.48. The number of sulfonamides is 1. The number of rotatable bonds is 4. The number of nitrogens with one attached hydrogen (secondary N) is 1. The van der Waals surface area contributed by atoms with Crippen LogP contribution in [0.3, 0.4) is 0 Å². The normalized spacial score (nSPS) is 17.6.